The molecule has 0 aliphatic heterocycles. The Morgan fingerprint density at radius 3 is 2.89 bits per heavy atom. The zero-order chi connectivity index (χ0) is 13.3. The van der Waals surface area contributed by atoms with Gasteiger partial charge in [-0.15, -0.1) is 0 Å². The third-order valence-corrected chi connectivity index (χ3v) is 3.97. The van der Waals surface area contributed by atoms with Crippen molar-refractivity contribution < 1.29 is 4.74 Å². The lowest BCUT2D eigenvalue weighted by Gasteiger charge is -2.21. The summed E-state index contributed by atoms with van der Waals surface area (Å²) in [6, 6.07) is 0. The molecule has 0 aromatic carbocycles. The van der Waals surface area contributed by atoms with Crippen molar-refractivity contribution in [3.05, 3.63) is 12.4 Å². The molecule has 0 unspecified atom stereocenters. The maximum atomic E-state index is 5.64. The van der Waals surface area contributed by atoms with E-state index in [9.17, 15) is 0 Å². The van der Waals surface area contributed by atoms with Gasteiger partial charge in [-0.2, -0.15) is 5.10 Å². The SMILES string of the molecule is NCCCCOc1cnn(CCC2CCCCC2)c1. The van der Waals surface area contributed by atoms with Gasteiger partial charge in [0.05, 0.1) is 19.0 Å². The van der Waals surface area contributed by atoms with Gasteiger partial charge in [0, 0.05) is 6.54 Å². The summed E-state index contributed by atoms with van der Waals surface area (Å²) in [5, 5.41) is 4.37. The monoisotopic (exact) mass is 265 g/mol. The van der Waals surface area contributed by atoms with Crippen molar-refractivity contribution in [2.75, 3.05) is 13.2 Å². The minimum absolute atomic E-state index is 0.740. The smallest absolute Gasteiger partial charge is 0.157 e. The fourth-order valence-electron chi connectivity index (χ4n) is 2.77. The highest BCUT2D eigenvalue weighted by atomic mass is 16.5. The Morgan fingerprint density at radius 1 is 1.26 bits per heavy atom. The molecule has 0 bridgehead atoms. The Balaban J connectivity index is 1.65. The van der Waals surface area contributed by atoms with Gasteiger partial charge in [-0.3, -0.25) is 4.68 Å². The van der Waals surface area contributed by atoms with Gasteiger partial charge in [-0.25, -0.2) is 0 Å². The van der Waals surface area contributed by atoms with Gasteiger partial charge in [0.25, 0.3) is 0 Å². The predicted octanol–water partition coefficient (Wildman–Crippen LogP) is 2.97. The summed E-state index contributed by atoms with van der Waals surface area (Å²) in [5.74, 6) is 1.80. The van der Waals surface area contributed by atoms with E-state index >= 15 is 0 Å². The van der Waals surface area contributed by atoms with Gasteiger partial charge in [-0.1, -0.05) is 32.1 Å². The topological polar surface area (TPSA) is 53.1 Å². The maximum absolute atomic E-state index is 5.64. The van der Waals surface area contributed by atoms with Crippen LogP contribution in [0.2, 0.25) is 0 Å². The molecule has 0 radical (unpaired) electrons. The van der Waals surface area contributed by atoms with Gasteiger partial charge in [0.2, 0.25) is 0 Å². The van der Waals surface area contributed by atoms with Crippen LogP contribution in [0.5, 0.6) is 5.75 Å². The van der Waals surface area contributed by atoms with Crippen molar-refractivity contribution in [2.24, 2.45) is 11.7 Å². The molecule has 4 heteroatoms. The molecule has 1 aromatic rings. The summed E-state index contributed by atoms with van der Waals surface area (Å²) in [6.45, 7) is 2.51. The number of rotatable bonds is 8. The van der Waals surface area contributed by atoms with Gasteiger partial charge in [-0.05, 0) is 31.7 Å². The van der Waals surface area contributed by atoms with Crippen molar-refractivity contribution in [3.8, 4) is 5.75 Å². The molecule has 1 heterocycles. The van der Waals surface area contributed by atoms with E-state index < -0.39 is 0 Å². The molecule has 108 valence electrons. The third-order valence-electron chi connectivity index (χ3n) is 3.97. The Bertz CT molecular complexity index is 345. The summed E-state index contributed by atoms with van der Waals surface area (Å²) in [5.41, 5.74) is 5.45. The van der Waals surface area contributed by atoms with Gasteiger partial charge >= 0.3 is 0 Å². The first-order valence-corrected chi connectivity index (χ1v) is 7.74. The molecule has 0 amide bonds. The molecule has 2 N–H and O–H groups in total. The molecule has 1 aromatic heterocycles. The molecule has 1 aliphatic rings. The Labute approximate surface area is 116 Å². The van der Waals surface area contributed by atoms with Crippen molar-refractivity contribution in [1.82, 2.24) is 9.78 Å². The van der Waals surface area contributed by atoms with E-state index in [4.69, 9.17) is 10.5 Å². The van der Waals surface area contributed by atoms with E-state index in [0.717, 1.165) is 44.2 Å². The fourth-order valence-corrected chi connectivity index (χ4v) is 2.77. The Kier molecular flexibility index (Phi) is 6.21. The normalized spacial score (nSPS) is 16.7. The predicted molar refractivity (Wildman–Crippen MR) is 77.2 cm³/mol. The lowest BCUT2D eigenvalue weighted by atomic mass is 9.87. The van der Waals surface area contributed by atoms with Crippen molar-refractivity contribution in [2.45, 2.75) is 57.9 Å². The molecule has 1 fully saturated rings. The highest BCUT2D eigenvalue weighted by molar-refractivity contribution is 5.11. The van der Waals surface area contributed by atoms with E-state index in [1.807, 2.05) is 17.1 Å². The van der Waals surface area contributed by atoms with Crippen molar-refractivity contribution in [1.29, 1.82) is 0 Å². The number of nitrogens with two attached hydrogens (primary N) is 1. The fraction of sp³-hybridized carbons (Fsp3) is 0.800. The van der Waals surface area contributed by atoms with Crippen LogP contribution in [0, 0.1) is 5.92 Å². The molecular formula is C15H27N3O. The largest absolute Gasteiger partial charge is 0.490 e. The minimum atomic E-state index is 0.740. The van der Waals surface area contributed by atoms with Crippen LogP contribution < -0.4 is 10.5 Å². The zero-order valence-corrected chi connectivity index (χ0v) is 11.9. The van der Waals surface area contributed by atoms with E-state index in [-0.39, 0.29) is 0 Å². The second-order valence-electron chi connectivity index (χ2n) is 5.58. The minimum Gasteiger partial charge on any atom is -0.490 e. The number of hydrogen-bond acceptors (Lipinski definition) is 3. The first-order valence-electron chi connectivity index (χ1n) is 7.74. The highest BCUT2D eigenvalue weighted by Gasteiger charge is 2.13. The molecule has 0 spiro atoms. The first kappa shape index (κ1) is 14.4. The third kappa shape index (κ3) is 5.23. The van der Waals surface area contributed by atoms with Crippen LogP contribution >= 0.6 is 0 Å². The second kappa shape index (κ2) is 8.20. The lowest BCUT2D eigenvalue weighted by Crippen LogP contribution is -2.10. The second-order valence-corrected chi connectivity index (χ2v) is 5.58. The quantitative estimate of drug-likeness (QED) is 0.735. The molecule has 1 aliphatic carbocycles. The summed E-state index contributed by atoms with van der Waals surface area (Å²) < 4.78 is 7.66. The number of aromatic nitrogens is 2. The molecule has 0 atom stereocenters. The summed E-state index contributed by atoms with van der Waals surface area (Å²) in [6.07, 6.45) is 14.2. The van der Waals surface area contributed by atoms with Crippen molar-refractivity contribution in [3.63, 3.8) is 0 Å². The maximum Gasteiger partial charge on any atom is 0.157 e. The number of hydrogen-bond donors (Lipinski definition) is 1. The van der Waals surface area contributed by atoms with E-state index in [1.165, 1.54) is 38.5 Å². The first-order chi connectivity index (χ1) is 9.38. The van der Waals surface area contributed by atoms with Crippen LogP contribution in [0.4, 0.5) is 0 Å². The highest BCUT2D eigenvalue weighted by Crippen LogP contribution is 2.26. The molecule has 1 saturated carbocycles. The average molecular weight is 265 g/mol. The molecule has 0 saturated heterocycles. The molecule has 2 rings (SSSR count). The van der Waals surface area contributed by atoms with Crippen molar-refractivity contribution >= 4 is 0 Å². The van der Waals surface area contributed by atoms with Crippen LogP contribution in [0.25, 0.3) is 0 Å². The van der Waals surface area contributed by atoms with E-state index in [2.05, 4.69) is 5.10 Å². The van der Waals surface area contributed by atoms with Crippen LogP contribution in [-0.2, 0) is 6.54 Å². The summed E-state index contributed by atoms with van der Waals surface area (Å²) in [4.78, 5) is 0. The van der Waals surface area contributed by atoms with Crippen LogP contribution in [0.3, 0.4) is 0 Å². The van der Waals surface area contributed by atoms with E-state index in [1.54, 1.807) is 0 Å². The lowest BCUT2D eigenvalue weighted by molar-refractivity contribution is 0.305. The number of ether oxygens (including phenoxy) is 1. The summed E-state index contributed by atoms with van der Waals surface area (Å²) >= 11 is 0. The number of unbranched alkanes of at least 4 members (excludes halogenated alkanes) is 1. The number of aryl methyl sites for hydroxylation is 1. The standard InChI is InChI=1S/C15H27N3O/c16-9-4-5-11-19-15-12-17-18(13-15)10-8-14-6-2-1-3-7-14/h12-14H,1-11,16H2. The average Bonchev–Trinajstić information content (AvgIpc) is 2.91. The van der Waals surface area contributed by atoms with Crippen LogP contribution in [0.1, 0.15) is 51.4 Å². The Hall–Kier alpha value is -1.03. The van der Waals surface area contributed by atoms with Gasteiger partial charge in [0.15, 0.2) is 5.75 Å². The zero-order valence-electron chi connectivity index (χ0n) is 11.9. The molecule has 19 heavy (non-hydrogen) atoms. The summed E-state index contributed by atoms with van der Waals surface area (Å²) in [7, 11) is 0. The molecular weight excluding hydrogens is 238 g/mol. The molecule has 4 nitrogen and oxygen atoms in total. The van der Waals surface area contributed by atoms with Gasteiger partial charge < -0.3 is 10.5 Å². The number of nitrogens with zero attached hydrogens (tertiary/aromatic N) is 2. The Morgan fingerprint density at radius 2 is 2.11 bits per heavy atom. The van der Waals surface area contributed by atoms with Crippen LogP contribution in [0.15, 0.2) is 12.4 Å². The van der Waals surface area contributed by atoms with E-state index in [0.29, 0.717) is 0 Å². The van der Waals surface area contributed by atoms with Gasteiger partial charge in [0.1, 0.15) is 0 Å². The van der Waals surface area contributed by atoms with Crippen LogP contribution in [-0.4, -0.2) is 22.9 Å².